The van der Waals surface area contributed by atoms with Crippen LogP contribution in [0.1, 0.15) is 12.8 Å². The molecule has 0 aliphatic carbocycles. The number of anilines is 2. The van der Waals surface area contributed by atoms with Crippen molar-refractivity contribution in [2.24, 2.45) is 5.92 Å². The molecular weight excluding hydrogens is 429 g/mol. The predicted octanol–water partition coefficient (Wildman–Crippen LogP) is 4.05. The summed E-state index contributed by atoms with van der Waals surface area (Å²) in [6.45, 7) is 1.17. The monoisotopic (exact) mass is 451 g/mol. The Bertz CT molecular complexity index is 1150. The van der Waals surface area contributed by atoms with Gasteiger partial charge in [0.25, 0.3) is 0 Å². The van der Waals surface area contributed by atoms with Gasteiger partial charge in [-0.15, -0.1) is 10.2 Å². The van der Waals surface area contributed by atoms with Crippen LogP contribution in [0, 0.1) is 21.8 Å². The van der Waals surface area contributed by atoms with Gasteiger partial charge in [-0.1, -0.05) is 0 Å². The highest BCUT2D eigenvalue weighted by Gasteiger charge is 2.27. The standard InChI is InChI=1S/C23H22FN5O4/c1-33-18-7-4-15(5-8-18)20-10-11-22(27-26-20)28-12-2-3-16(14-28)23(30)25-17-6-9-19(24)21(13-17)29(31)32/h4-11,13,16H,2-3,12,14H2,1H3,(H,25,30). The lowest BCUT2D eigenvalue weighted by molar-refractivity contribution is -0.387. The van der Waals surface area contributed by atoms with Gasteiger partial charge in [-0.25, -0.2) is 0 Å². The number of nitrogens with one attached hydrogen (secondary N) is 1. The molecule has 2 heterocycles. The molecule has 0 saturated carbocycles. The Morgan fingerprint density at radius 3 is 2.64 bits per heavy atom. The topological polar surface area (TPSA) is 110 Å². The van der Waals surface area contributed by atoms with Gasteiger partial charge in [0.15, 0.2) is 5.82 Å². The molecule has 1 aromatic heterocycles. The van der Waals surface area contributed by atoms with Gasteiger partial charge < -0.3 is 15.0 Å². The highest BCUT2D eigenvalue weighted by Crippen LogP contribution is 2.26. The number of benzene rings is 2. The van der Waals surface area contributed by atoms with Crippen LogP contribution in [0.5, 0.6) is 5.75 Å². The molecule has 170 valence electrons. The van der Waals surface area contributed by atoms with E-state index in [1.165, 1.54) is 6.07 Å². The second-order valence-electron chi connectivity index (χ2n) is 7.70. The summed E-state index contributed by atoms with van der Waals surface area (Å²) in [5.41, 5.74) is 1.16. The van der Waals surface area contributed by atoms with Crippen molar-refractivity contribution < 1.29 is 18.8 Å². The van der Waals surface area contributed by atoms with E-state index in [0.29, 0.717) is 18.8 Å². The SMILES string of the molecule is COc1ccc(-c2ccc(N3CCCC(C(=O)Nc4ccc(F)c([N+](=O)[O-])c4)C3)nn2)cc1. The fraction of sp³-hybridized carbons (Fsp3) is 0.261. The zero-order valence-corrected chi connectivity index (χ0v) is 17.9. The summed E-state index contributed by atoms with van der Waals surface area (Å²) in [5, 5.41) is 22.3. The minimum atomic E-state index is -0.946. The molecule has 3 aromatic rings. The van der Waals surface area contributed by atoms with E-state index in [4.69, 9.17) is 4.74 Å². The molecule has 1 aliphatic heterocycles. The van der Waals surface area contributed by atoms with Crippen LogP contribution < -0.4 is 15.0 Å². The molecule has 0 radical (unpaired) electrons. The van der Waals surface area contributed by atoms with Crippen LogP contribution >= 0.6 is 0 Å². The third-order valence-corrected chi connectivity index (χ3v) is 5.56. The molecule has 1 saturated heterocycles. The van der Waals surface area contributed by atoms with Gasteiger partial charge in [-0.2, -0.15) is 4.39 Å². The Kier molecular flexibility index (Phi) is 6.43. The van der Waals surface area contributed by atoms with E-state index in [1.807, 2.05) is 41.3 Å². The van der Waals surface area contributed by atoms with Crippen molar-refractivity contribution in [1.82, 2.24) is 10.2 Å². The fourth-order valence-corrected chi connectivity index (χ4v) is 3.78. The van der Waals surface area contributed by atoms with Gasteiger partial charge in [0, 0.05) is 30.4 Å². The number of amides is 1. The van der Waals surface area contributed by atoms with E-state index >= 15 is 0 Å². The maximum Gasteiger partial charge on any atom is 0.306 e. The summed E-state index contributed by atoms with van der Waals surface area (Å²) in [4.78, 5) is 24.9. The first-order valence-electron chi connectivity index (χ1n) is 10.4. The van der Waals surface area contributed by atoms with Crippen LogP contribution in [-0.2, 0) is 4.79 Å². The molecule has 10 heteroatoms. The quantitative estimate of drug-likeness (QED) is 0.445. The lowest BCUT2D eigenvalue weighted by Gasteiger charge is -2.32. The highest BCUT2D eigenvalue weighted by molar-refractivity contribution is 5.93. The third kappa shape index (κ3) is 5.05. The zero-order valence-electron chi connectivity index (χ0n) is 17.9. The normalized spacial score (nSPS) is 15.7. The first-order chi connectivity index (χ1) is 15.9. The summed E-state index contributed by atoms with van der Waals surface area (Å²) in [5.74, 6) is -0.133. The number of halogens is 1. The second-order valence-corrected chi connectivity index (χ2v) is 7.70. The van der Waals surface area contributed by atoms with Crippen LogP contribution in [0.4, 0.5) is 21.6 Å². The number of hydrogen-bond acceptors (Lipinski definition) is 7. The van der Waals surface area contributed by atoms with Crippen molar-refractivity contribution >= 4 is 23.1 Å². The van der Waals surface area contributed by atoms with E-state index < -0.39 is 16.4 Å². The van der Waals surface area contributed by atoms with Crippen molar-refractivity contribution in [3.8, 4) is 17.0 Å². The first kappa shape index (κ1) is 22.1. The summed E-state index contributed by atoms with van der Waals surface area (Å²) in [6.07, 6.45) is 1.45. The molecule has 1 unspecified atom stereocenters. The number of nitro groups is 1. The van der Waals surface area contributed by atoms with Crippen molar-refractivity contribution in [2.45, 2.75) is 12.8 Å². The predicted molar refractivity (Wildman–Crippen MR) is 121 cm³/mol. The van der Waals surface area contributed by atoms with Crippen molar-refractivity contribution in [1.29, 1.82) is 0 Å². The smallest absolute Gasteiger partial charge is 0.306 e. The van der Waals surface area contributed by atoms with E-state index in [1.54, 1.807) is 7.11 Å². The minimum absolute atomic E-state index is 0.189. The molecule has 1 fully saturated rings. The number of nitro benzene ring substituents is 1. The number of nitrogens with zero attached hydrogens (tertiary/aromatic N) is 4. The minimum Gasteiger partial charge on any atom is -0.497 e. The van der Waals surface area contributed by atoms with Crippen LogP contribution in [0.2, 0.25) is 0 Å². The Hall–Kier alpha value is -4.08. The lowest BCUT2D eigenvalue weighted by Crippen LogP contribution is -2.41. The molecule has 0 spiro atoms. The average molecular weight is 451 g/mol. The van der Waals surface area contributed by atoms with Gasteiger partial charge in [-0.3, -0.25) is 14.9 Å². The number of hydrogen-bond donors (Lipinski definition) is 1. The molecule has 0 bridgehead atoms. The number of aromatic nitrogens is 2. The maximum absolute atomic E-state index is 13.5. The second kappa shape index (κ2) is 9.60. The van der Waals surface area contributed by atoms with E-state index in [2.05, 4.69) is 15.5 Å². The number of piperidine rings is 1. The zero-order chi connectivity index (χ0) is 23.4. The maximum atomic E-state index is 13.5. The highest BCUT2D eigenvalue weighted by atomic mass is 19.1. The third-order valence-electron chi connectivity index (χ3n) is 5.56. The van der Waals surface area contributed by atoms with E-state index in [0.717, 1.165) is 42.1 Å². The van der Waals surface area contributed by atoms with Crippen molar-refractivity contribution in [2.75, 3.05) is 30.4 Å². The van der Waals surface area contributed by atoms with Gasteiger partial charge in [0.05, 0.1) is 23.6 Å². The Morgan fingerprint density at radius 2 is 1.97 bits per heavy atom. The molecular formula is C23H22FN5O4. The molecule has 1 amide bonds. The molecule has 33 heavy (non-hydrogen) atoms. The van der Waals surface area contributed by atoms with Gasteiger partial charge in [-0.05, 0) is 61.4 Å². The average Bonchev–Trinajstić information content (AvgIpc) is 2.85. The Morgan fingerprint density at radius 1 is 1.18 bits per heavy atom. The Labute approximate surface area is 189 Å². The van der Waals surface area contributed by atoms with Crippen LogP contribution in [0.15, 0.2) is 54.6 Å². The largest absolute Gasteiger partial charge is 0.497 e. The first-order valence-corrected chi connectivity index (χ1v) is 10.4. The fourth-order valence-electron chi connectivity index (χ4n) is 3.78. The molecule has 1 N–H and O–H groups in total. The van der Waals surface area contributed by atoms with Crippen LogP contribution in [0.25, 0.3) is 11.3 Å². The number of carbonyl (C=O) groups excluding carboxylic acids is 1. The van der Waals surface area contributed by atoms with Gasteiger partial charge in [0.2, 0.25) is 11.7 Å². The summed E-state index contributed by atoms with van der Waals surface area (Å²) >= 11 is 0. The van der Waals surface area contributed by atoms with Crippen LogP contribution in [0.3, 0.4) is 0 Å². The molecule has 9 nitrogen and oxygen atoms in total. The number of carbonyl (C=O) groups is 1. The summed E-state index contributed by atoms with van der Waals surface area (Å²) in [7, 11) is 1.61. The Balaban J connectivity index is 1.42. The van der Waals surface area contributed by atoms with Crippen LogP contribution in [-0.4, -0.2) is 41.2 Å². The molecule has 1 atom stereocenters. The number of rotatable bonds is 6. The van der Waals surface area contributed by atoms with Gasteiger partial charge in [0.1, 0.15) is 5.75 Å². The van der Waals surface area contributed by atoms with Gasteiger partial charge >= 0.3 is 5.69 Å². The number of methoxy groups -OCH3 is 1. The summed E-state index contributed by atoms with van der Waals surface area (Å²) < 4.78 is 18.7. The molecule has 4 rings (SSSR count). The van der Waals surface area contributed by atoms with E-state index in [-0.39, 0.29) is 17.5 Å². The van der Waals surface area contributed by atoms with Crippen molar-refractivity contribution in [3.63, 3.8) is 0 Å². The van der Waals surface area contributed by atoms with E-state index in [9.17, 15) is 19.3 Å². The number of ether oxygens (including phenoxy) is 1. The summed E-state index contributed by atoms with van der Waals surface area (Å²) in [6, 6.07) is 14.6. The molecule has 1 aliphatic rings. The van der Waals surface area contributed by atoms with Crippen molar-refractivity contribution in [3.05, 3.63) is 70.5 Å². The molecule has 2 aromatic carbocycles. The lowest BCUT2D eigenvalue weighted by atomic mass is 9.97.